The van der Waals surface area contributed by atoms with Gasteiger partial charge in [-0.15, -0.1) is 11.6 Å². The van der Waals surface area contributed by atoms with E-state index in [0.717, 1.165) is 16.6 Å². The molecule has 2 amide bonds. The predicted octanol–water partition coefficient (Wildman–Crippen LogP) is 4.07. The Morgan fingerprint density at radius 3 is 2.53 bits per heavy atom. The molecule has 0 aliphatic carbocycles. The first-order valence-electron chi connectivity index (χ1n) is 10.0. The van der Waals surface area contributed by atoms with Crippen LogP contribution in [0.15, 0.2) is 72.8 Å². The number of benzene rings is 3. The van der Waals surface area contributed by atoms with Crippen LogP contribution in [0, 0.1) is 0 Å². The molecular weight excluding hydrogens is 428 g/mol. The molecule has 1 aliphatic heterocycles. The minimum absolute atomic E-state index is 0.359. The Bertz CT molecular complexity index is 1290. The van der Waals surface area contributed by atoms with Crippen molar-refractivity contribution in [1.29, 1.82) is 0 Å². The van der Waals surface area contributed by atoms with Crippen LogP contribution in [0.1, 0.15) is 22.0 Å². The summed E-state index contributed by atoms with van der Waals surface area (Å²) in [6, 6.07) is 21.5. The van der Waals surface area contributed by atoms with Gasteiger partial charge in [0.25, 0.3) is 11.8 Å². The zero-order chi connectivity index (χ0) is 22.2. The molecule has 2 heterocycles. The van der Waals surface area contributed by atoms with E-state index in [-0.39, 0.29) is 5.91 Å². The van der Waals surface area contributed by atoms with Crippen molar-refractivity contribution in [2.24, 2.45) is 0 Å². The number of alkyl halides is 1. The summed E-state index contributed by atoms with van der Waals surface area (Å²) < 4.78 is 5.18. The monoisotopic (exact) mass is 446 g/mol. The predicted molar refractivity (Wildman–Crippen MR) is 121 cm³/mol. The van der Waals surface area contributed by atoms with E-state index < -0.39 is 17.3 Å². The maximum absolute atomic E-state index is 13.2. The third-order valence-electron chi connectivity index (χ3n) is 5.52. The zero-order valence-corrected chi connectivity index (χ0v) is 17.8. The van der Waals surface area contributed by atoms with E-state index in [1.165, 1.54) is 5.01 Å². The molecule has 0 bridgehead atoms. The number of halogens is 1. The summed E-state index contributed by atoms with van der Waals surface area (Å²) in [5, 5.41) is 0.520. The average Bonchev–Trinajstić information content (AvgIpc) is 3.28. The highest BCUT2D eigenvalue weighted by Crippen LogP contribution is 2.38. The third kappa shape index (κ3) is 3.36. The molecule has 5 rings (SSSR count). The SMILES string of the molecule is COc1ccc(C2C(Cl)C(=O)N2NC(=O)c2ccccc2-c2nc3ccccc3[nH]2)cc1. The second-order valence-corrected chi connectivity index (χ2v) is 7.89. The minimum atomic E-state index is -0.755. The fourth-order valence-corrected chi connectivity index (χ4v) is 4.20. The molecule has 1 aromatic heterocycles. The van der Waals surface area contributed by atoms with Crippen LogP contribution < -0.4 is 10.2 Å². The van der Waals surface area contributed by atoms with Gasteiger partial charge in [0.15, 0.2) is 0 Å². The number of aromatic nitrogens is 2. The zero-order valence-electron chi connectivity index (χ0n) is 17.1. The van der Waals surface area contributed by atoms with Crippen LogP contribution in [0.5, 0.6) is 5.75 Å². The van der Waals surface area contributed by atoms with Gasteiger partial charge in [0.2, 0.25) is 0 Å². The van der Waals surface area contributed by atoms with Crippen molar-refractivity contribution in [1.82, 2.24) is 20.4 Å². The summed E-state index contributed by atoms with van der Waals surface area (Å²) in [5.74, 6) is 0.494. The molecule has 32 heavy (non-hydrogen) atoms. The number of rotatable bonds is 5. The summed E-state index contributed by atoms with van der Waals surface area (Å²) in [7, 11) is 1.58. The van der Waals surface area contributed by atoms with Gasteiger partial charge < -0.3 is 9.72 Å². The van der Waals surface area contributed by atoms with Crippen LogP contribution >= 0.6 is 11.6 Å². The van der Waals surface area contributed by atoms with Gasteiger partial charge in [-0.25, -0.2) is 9.99 Å². The molecule has 0 radical (unpaired) electrons. The number of carbonyl (C=O) groups is 2. The minimum Gasteiger partial charge on any atom is -0.497 e. The summed E-state index contributed by atoms with van der Waals surface area (Å²) in [5.41, 5.74) is 6.24. The summed E-state index contributed by atoms with van der Waals surface area (Å²) >= 11 is 6.28. The van der Waals surface area contributed by atoms with E-state index in [2.05, 4.69) is 15.4 Å². The Morgan fingerprint density at radius 1 is 1.06 bits per heavy atom. The van der Waals surface area contributed by atoms with Gasteiger partial charge in [-0.3, -0.25) is 15.0 Å². The fraction of sp³-hybridized carbons (Fsp3) is 0.125. The number of fused-ring (bicyclic) bond motifs is 1. The lowest BCUT2D eigenvalue weighted by molar-refractivity contribution is -0.149. The number of β-lactam (4-membered cyclic amide) rings is 1. The van der Waals surface area contributed by atoms with E-state index >= 15 is 0 Å². The molecule has 160 valence electrons. The van der Waals surface area contributed by atoms with Gasteiger partial charge in [-0.2, -0.15) is 0 Å². The van der Waals surface area contributed by atoms with Crippen molar-refractivity contribution in [3.63, 3.8) is 0 Å². The molecule has 4 aromatic rings. The number of methoxy groups -OCH3 is 1. The van der Waals surface area contributed by atoms with Crippen molar-refractivity contribution >= 4 is 34.4 Å². The highest BCUT2D eigenvalue weighted by molar-refractivity contribution is 6.33. The first kappa shape index (κ1) is 20.1. The maximum Gasteiger partial charge on any atom is 0.270 e. The summed E-state index contributed by atoms with van der Waals surface area (Å²) in [4.78, 5) is 33.5. The van der Waals surface area contributed by atoms with E-state index in [1.807, 2.05) is 48.5 Å². The van der Waals surface area contributed by atoms with Gasteiger partial charge in [0.1, 0.15) is 23.0 Å². The molecule has 1 fully saturated rings. The van der Waals surface area contributed by atoms with Crippen molar-refractivity contribution in [3.8, 4) is 17.1 Å². The van der Waals surface area contributed by atoms with Gasteiger partial charge in [0.05, 0.1) is 23.7 Å². The molecule has 0 saturated carbocycles. The number of hydrazine groups is 1. The van der Waals surface area contributed by atoms with Gasteiger partial charge in [0, 0.05) is 5.56 Å². The topological polar surface area (TPSA) is 87.3 Å². The number of carbonyl (C=O) groups excluding carboxylic acids is 2. The smallest absolute Gasteiger partial charge is 0.270 e. The Hall–Kier alpha value is -3.84. The Labute approximate surface area is 188 Å². The molecule has 3 aromatic carbocycles. The van der Waals surface area contributed by atoms with Crippen LogP contribution in [0.2, 0.25) is 0 Å². The van der Waals surface area contributed by atoms with Crippen LogP contribution in [0.25, 0.3) is 22.4 Å². The Kier molecular flexibility index (Phi) is 5.03. The second-order valence-electron chi connectivity index (χ2n) is 7.42. The number of aromatic amines is 1. The molecule has 1 aliphatic rings. The number of ether oxygens (including phenoxy) is 1. The molecular formula is C24H19ClN4O3. The van der Waals surface area contributed by atoms with Crippen LogP contribution in [0.3, 0.4) is 0 Å². The van der Waals surface area contributed by atoms with E-state index in [9.17, 15) is 9.59 Å². The number of para-hydroxylation sites is 2. The fourth-order valence-electron chi connectivity index (χ4n) is 3.84. The Balaban J connectivity index is 1.43. The summed E-state index contributed by atoms with van der Waals surface area (Å²) in [6.45, 7) is 0. The molecule has 2 N–H and O–H groups in total. The molecule has 2 atom stereocenters. The number of amides is 2. The molecule has 7 nitrogen and oxygen atoms in total. The molecule has 2 unspecified atom stereocenters. The van der Waals surface area contributed by atoms with E-state index in [0.29, 0.717) is 22.7 Å². The number of nitrogens with one attached hydrogen (secondary N) is 2. The van der Waals surface area contributed by atoms with Crippen molar-refractivity contribution in [2.45, 2.75) is 11.4 Å². The van der Waals surface area contributed by atoms with Crippen LogP contribution in [0.4, 0.5) is 0 Å². The van der Waals surface area contributed by atoms with E-state index in [4.69, 9.17) is 16.3 Å². The third-order valence-corrected chi connectivity index (χ3v) is 5.95. The highest BCUT2D eigenvalue weighted by Gasteiger charge is 2.48. The lowest BCUT2D eigenvalue weighted by Crippen LogP contribution is -2.63. The van der Waals surface area contributed by atoms with Gasteiger partial charge in [-0.05, 0) is 35.9 Å². The lowest BCUT2D eigenvalue weighted by atomic mass is 9.95. The second kappa shape index (κ2) is 8.01. The highest BCUT2D eigenvalue weighted by atomic mass is 35.5. The first-order chi connectivity index (χ1) is 15.6. The van der Waals surface area contributed by atoms with Crippen molar-refractivity contribution in [2.75, 3.05) is 7.11 Å². The number of hydrogen-bond donors (Lipinski definition) is 2. The molecule has 8 heteroatoms. The molecule has 1 saturated heterocycles. The van der Waals surface area contributed by atoms with E-state index in [1.54, 1.807) is 31.4 Å². The summed E-state index contributed by atoms with van der Waals surface area (Å²) in [6.07, 6.45) is 0. The van der Waals surface area contributed by atoms with Crippen LogP contribution in [-0.2, 0) is 4.79 Å². The lowest BCUT2D eigenvalue weighted by Gasteiger charge is -2.44. The normalized spacial score (nSPS) is 17.8. The number of hydrogen-bond acceptors (Lipinski definition) is 4. The van der Waals surface area contributed by atoms with Gasteiger partial charge >= 0.3 is 0 Å². The number of imidazole rings is 1. The van der Waals surface area contributed by atoms with Crippen molar-refractivity contribution in [3.05, 3.63) is 83.9 Å². The van der Waals surface area contributed by atoms with Gasteiger partial charge in [-0.1, -0.05) is 42.5 Å². The molecule has 0 spiro atoms. The standard InChI is InChI=1S/C24H19ClN4O3/c1-32-15-12-10-14(11-13-15)21-20(25)24(31)29(21)28-23(30)17-7-3-2-6-16(17)22-26-18-8-4-5-9-19(18)27-22/h2-13,20-21H,1H3,(H,26,27)(H,28,30). The quantitative estimate of drug-likeness (QED) is 0.357. The number of H-pyrrole nitrogens is 1. The largest absolute Gasteiger partial charge is 0.497 e. The van der Waals surface area contributed by atoms with Crippen LogP contribution in [-0.4, -0.2) is 39.3 Å². The number of nitrogens with zero attached hydrogens (tertiary/aromatic N) is 2. The van der Waals surface area contributed by atoms with Crippen molar-refractivity contribution < 1.29 is 14.3 Å². The first-order valence-corrected chi connectivity index (χ1v) is 10.5. The Morgan fingerprint density at radius 2 is 1.78 bits per heavy atom. The maximum atomic E-state index is 13.2. The average molecular weight is 447 g/mol.